The number of aryl methyl sites for hydroxylation is 1. The molecule has 0 heterocycles. The lowest BCUT2D eigenvalue weighted by Gasteiger charge is -2.17. The van der Waals surface area contributed by atoms with E-state index in [2.05, 4.69) is 51.0 Å². The van der Waals surface area contributed by atoms with Crippen LogP contribution in [0.4, 0.5) is 0 Å². The second-order valence-electron chi connectivity index (χ2n) is 5.09. The minimum atomic E-state index is 0.514. The van der Waals surface area contributed by atoms with Gasteiger partial charge in [0.2, 0.25) is 0 Å². The van der Waals surface area contributed by atoms with Crippen LogP contribution in [-0.4, -0.2) is 32.6 Å². The lowest BCUT2D eigenvalue weighted by molar-refractivity contribution is 0.396. The molecule has 0 aliphatic rings. The first kappa shape index (κ1) is 14.0. The molecule has 1 aromatic carbocycles. The highest BCUT2D eigenvalue weighted by Crippen LogP contribution is 2.30. The Bertz CT molecular complexity index is 345. The van der Waals surface area contributed by atoms with Crippen molar-refractivity contribution in [2.75, 3.05) is 27.7 Å². The highest BCUT2D eigenvalue weighted by atomic mass is 16.5. The Kier molecular flexibility index (Phi) is 5.49. The molecule has 0 aliphatic carbocycles. The van der Waals surface area contributed by atoms with Gasteiger partial charge in [-0.15, -0.1) is 0 Å². The Morgan fingerprint density at radius 1 is 1.24 bits per heavy atom. The molecule has 0 aliphatic heterocycles. The van der Waals surface area contributed by atoms with Crippen molar-refractivity contribution in [2.24, 2.45) is 0 Å². The summed E-state index contributed by atoms with van der Waals surface area (Å²) in [5.41, 5.74) is 2.80. The molecule has 0 saturated heterocycles. The molecule has 1 rings (SSSR count). The van der Waals surface area contributed by atoms with E-state index in [9.17, 15) is 0 Å². The molecule has 0 bridgehead atoms. The number of benzene rings is 1. The zero-order valence-corrected chi connectivity index (χ0v) is 11.8. The highest BCUT2D eigenvalue weighted by molar-refractivity contribution is 5.42. The van der Waals surface area contributed by atoms with Crippen molar-refractivity contribution in [3.8, 4) is 5.75 Å². The van der Waals surface area contributed by atoms with Gasteiger partial charge in [-0.2, -0.15) is 0 Å². The molecule has 96 valence electrons. The Labute approximate surface area is 106 Å². The molecular weight excluding hydrogens is 210 g/mol. The fraction of sp³-hybridized carbons (Fsp3) is 0.600. The van der Waals surface area contributed by atoms with Crippen LogP contribution in [0.25, 0.3) is 0 Å². The van der Waals surface area contributed by atoms with Gasteiger partial charge in [0.05, 0.1) is 7.11 Å². The van der Waals surface area contributed by atoms with E-state index in [1.165, 1.54) is 17.5 Å². The number of rotatable bonds is 6. The number of ether oxygens (including phenoxy) is 1. The standard InChI is InChI=1S/C15H25NO/c1-12(2)15-13(9-7-11-16(3)4)8-6-10-14(15)17-5/h6,8,10,12H,7,9,11H2,1-5H3. The third-order valence-electron chi connectivity index (χ3n) is 3.01. The van der Waals surface area contributed by atoms with Crippen LogP contribution in [0.2, 0.25) is 0 Å². The van der Waals surface area contributed by atoms with Gasteiger partial charge in [0, 0.05) is 0 Å². The minimum absolute atomic E-state index is 0.514. The topological polar surface area (TPSA) is 12.5 Å². The van der Waals surface area contributed by atoms with E-state index in [1.807, 2.05) is 0 Å². The van der Waals surface area contributed by atoms with Gasteiger partial charge in [0.15, 0.2) is 0 Å². The first-order valence-electron chi connectivity index (χ1n) is 6.36. The summed E-state index contributed by atoms with van der Waals surface area (Å²) in [4.78, 5) is 2.23. The van der Waals surface area contributed by atoms with Crippen LogP contribution in [0.1, 0.15) is 37.3 Å². The van der Waals surface area contributed by atoms with E-state index >= 15 is 0 Å². The zero-order valence-electron chi connectivity index (χ0n) is 11.8. The molecule has 0 spiro atoms. The van der Waals surface area contributed by atoms with Gasteiger partial charge >= 0.3 is 0 Å². The molecule has 0 unspecified atom stereocenters. The van der Waals surface area contributed by atoms with Crippen molar-refractivity contribution < 1.29 is 4.74 Å². The van der Waals surface area contributed by atoms with Crippen LogP contribution in [0.3, 0.4) is 0 Å². The van der Waals surface area contributed by atoms with Gasteiger partial charge in [-0.3, -0.25) is 0 Å². The molecule has 0 atom stereocenters. The molecule has 0 radical (unpaired) electrons. The van der Waals surface area contributed by atoms with Crippen molar-refractivity contribution in [1.29, 1.82) is 0 Å². The van der Waals surface area contributed by atoms with E-state index in [0.717, 1.165) is 18.7 Å². The van der Waals surface area contributed by atoms with Crippen molar-refractivity contribution >= 4 is 0 Å². The predicted molar refractivity (Wildman–Crippen MR) is 74.0 cm³/mol. The van der Waals surface area contributed by atoms with Gasteiger partial charge in [0.25, 0.3) is 0 Å². The third-order valence-corrected chi connectivity index (χ3v) is 3.01. The summed E-state index contributed by atoms with van der Waals surface area (Å²) in [6.07, 6.45) is 2.32. The lowest BCUT2D eigenvalue weighted by atomic mass is 9.93. The molecule has 0 aromatic heterocycles. The third kappa shape index (κ3) is 4.04. The van der Waals surface area contributed by atoms with Crippen molar-refractivity contribution in [2.45, 2.75) is 32.6 Å². The first-order valence-corrected chi connectivity index (χ1v) is 6.36. The molecule has 2 nitrogen and oxygen atoms in total. The maximum absolute atomic E-state index is 5.46. The summed E-state index contributed by atoms with van der Waals surface area (Å²) in [5, 5.41) is 0. The molecule has 2 heteroatoms. The second-order valence-corrected chi connectivity index (χ2v) is 5.09. The zero-order chi connectivity index (χ0) is 12.8. The summed E-state index contributed by atoms with van der Waals surface area (Å²) in [5.74, 6) is 1.54. The van der Waals surface area contributed by atoms with Gasteiger partial charge in [-0.1, -0.05) is 26.0 Å². The van der Waals surface area contributed by atoms with E-state index < -0.39 is 0 Å². The van der Waals surface area contributed by atoms with Crippen LogP contribution in [0, 0.1) is 0 Å². The summed E-state index contributed by atoms with van der Waals surface area (Å²) in [6, 6.07) is 6.38. The summed E-state index contributed by atoms with van der Waals surface area (Å²) >= 11 is 0. The molecule has 0 saturated carbocycles. The molecular formula is C15H25NO. The molecule has 0 fully saturated rings. The maximum Gasteiger partial charge on any atom is 0.122 e. The van der Waals surface area contributed by atoms with Gasteiger partial charge in [-0.25, -0.2) is 0 Å². The van der Waals surface area contributed by atoms with Crippen molar-refractivity contribution in [3.63, 3.8) is 0 Å². The summed E-state index contributed by atoms with van der Waals surface area (Å²) < 4.78 is 5.46. The van der Waals surface area contributed by atoms with Crippen LogP contribution in [0.15, 0.2) is 18.2 Å². The maximum atomic E-state index is 5.46. The summed E-state index contributed by atoms with van der Waals surface area (Å²) in [6.45, 7) is 5.59. The fourth-order valence-electron chi connectivity index (χ4n) is 2.23. The number of hydrogen-bond donors (Lipinski definition) is 0. The minimum Gasteiger partial charge on any atom is -0.496 e. The van der Waals surface area contributed by atoms with Crippen molar-refractivity contribution in [1.82, 2.24) is 4.90 Å². The lowest BCUT2D eigenvalue weighted by Crippen LogP contribution is -2.14. The summed E-state index contributed by atoms with van der Waals surface area (Å²) in [7, 11) is 5.99. The van der Waals surface area contributed by atoms with Gasteiger partial charge < -0.3 is 9.64 Å². The highest BCUT2D eigenvalue weighted by Gasteiger charge is 2.12. The van der Waals surface area contributed by atoms with E-state index in [1.54, 1.807) is 7.11 Å². The second kappa shape index (κ2) is 6.65. The van der Waals surface area contributed by atoms with E-state index in [4.69, 9.17) is 4.74 Å². The van der Waals surface area contributed by atoms with E-state index in [-0.39, 0.29) is 0 Å². The first-order chi connectivity index (χ1) is 8.06. The average molecular weight is 235 g/mol. The SMILES string of the molecule is COc1cccc(CCCN(C)C)c1C(C)C. The van der Waals surface area contributed by atoms with E-state index in [0.29, 0.717) is 5.92 Å². The molecule has 0 amide bonds. The van der Waals surface area contributed by atoms with Crippen LogP contribution < -0.4 is 4.74 Å². The van der Waals surface area contributed by atoms with Crippen LogP contribution in [0.5, 0.6) is 5.75 Å². The number of methoxy groups -OCH3 is 1. The molecule has 17 heavy (non-hydrogen) atoms. The Morgan fingerprint density at radius 2 is 1.94 bits per heavy atom. The Hall–Kier alpha value is -1.02. The quantitative estimate of drug-likeness (QED) is 0.750. The Morgan fingerprint density at radius 3 is 2.47 bits per heavy atom. The Balaban J connectivity index is 2.83. The average Bonchev–Trinajstić information content (AvgIpc) is 2.27. The predicted octanol–water partition coefficient (Wildman–Crippen LogP) is 3.31. The number of nitrogens with zero attached hydrogens (tertiary/aromatic N) is 1. The smallest absolute Gasteiger partial charge is 0.122 e. The normalized spacial score (nSPS) is 11.2. The molecule has 1 aromatic rings. The van der Waals surface area contributed by atoms with Crippen molar-refractivity contribution in [3.05, 3.63) is 29.3 Å². The fourth-order valence-corrected chi connectivity index (χ4v) is 2.23. The number of hydrogen-bond acceptors (Lipinski definition) is 2. The largest absolute Gasteiger partial charge is 0.496 e. The monoisotopic (exact) mass is 235 g/mol. The van der Waals surface area contributed by atoms with Crippen LogP contribution >= 0.6 is 0 Å². The van der Waals surface area contributed by atoms with Crippen LogP contribution in [-0.2, 0) is 6.42 Å². The molecule has 0 N–H and O–H groups in total. The van der Waals surface area contributed by atoms with Gasteiger partial charge in [0.1, 0.15) is 5.75 Å². The van der Waals surface area contributed by atoms with Gasteiger partial charge in [-0.05, 0) is 56.6 Å².